The number of hydrogen-bond acceptors (Lipinski definition) is 5. The van der Waals surface area contributed by atoms with Crippen LogP contribution in [0.2, 0.25) is 0 Å². The van der Waals surface area contributed by atoms with E-state index in [9.17, 15) is 9.70 Å². The van der Waals surface area contributed by atoms with E-state index >= 15 is 0 Å². The van der Waals surface area contributed by atoms with E-state index in [2.05, 4.69) is 21.0 Å². The summed E-state index contributed by atoms with van der Waals surface area (Å²) in [4.78, 5) is 26.0. The molecular weight excluding hydrogens is 244 g/mol. The maximum absolute atomic E-state index is 11.8. The highest BCUT2D eigenvalue weighted by Gasteiger charge is 2.04. The van der Waals surface area contributed by atoms with Crippen LogP contribution in [0.3, 0.4) is 0 Å². The molecule has 0 aliphatic heterocycles. The molecule has 2 rings (SSSR count). The zero-order chi connectivity index (χ0) is 13.7. The number of hydrazine groups is 1. The monoisotopic (exact) mass is 256 g/mol. The van der Waals surface area contributed by atoms with Crippen LogP contribution in [0.1, 0.15) is 15.9 Å². The van der Waals surface area contributed by atoms with Gasteiger partial charge in [-0.15, -0.1) is 4.91 Å². The topological polar surface area (TPSA) is 83.4 Å². The third kappa shape index (κ3) is 3.12. The summed E-state index contributed by atoms with van der Waals surface area (Å²) < 4.78 is 0. The summed E-state index contributed by atoms with van der Waals surface area (Å²) in [6.07, 6.45) is 3.09. The first-order valence-electron chi connectivity index (χ1n) is 5.61. The number of aryl methyl sites for hydroxylation is 1. The van der Waals surface area contributed by atoms with E-state index in [4.69, 9.17) is 0 Å². The third-order valence-corrected chi connectivity index (χ3v) is 2.56. The van der Waals surface area contributed by atoms with E-state index in [1.54, 1.807) is 49.6 Å². The molecule has 0 radical (unpaired) electrons. The van der Waals surface area contributed by atoms with Crippen LogP contribution in [0.15, 0.2) is 47.9 Å². The zero-order valence-corrected chi connectivity index (χ0v) is 10.3. The molecule has 0 saturated carbocycles. The minimum atomic E-state index is -0.266. The van der Waals surface area contributed by atoms with E-state index < -0.39 is 0 Å². The largest absolute Gasteiger partial charge is 0.298 e. The first kappa shape index (κ1) is 12.7. The van der Waals surface area contributed by atoms with Crippen molar-refractivity contribution in [1.29, 1.82) is 0 Å². The fraction of sp³-hybridized carbons (Fsp3) is 0.0769. The van der Waals surface area contributed by atoms with Crippen molar-refractivity contribution in [2.24, 2.45) is 5.18 Å². The van der Waals surface area contributed by atoms with Gasteiger partial charge in [0.25, 0.3) is 5.91 Å². The molecule has 0 saturated heterocycles. The second-order valence-corrected chi connectivity index (χ2v) is 3.91. The van der Waals surface area contributed by atoms with Crippen molar-refractivity contribution in [3.63, 3.8) is 0 Å². The van der Waals surface area contributed by atoms with Crippen LogP contribution in [0.5, 0.6) is 0 Å². The summed E-state index contributed by atoms with van der Waals surface area (Å²) in [6, 6.07) is 8.20. The van der Waals surface area contributed by atoms with Crippen LogP contribution in [0.4, 0.5) is 11.4 Å². The average Bonchev–Trinajstić information content (AvgIpc) is 2.46. The summed E-state index contributed by atoms with van der Waals surface area (Å²) in [6.45, 7) is 1.77. The first-order chi connectivity index (χ1) is 9.20. The molecule has 0 aliphatic rings. The van der Waals surface area contributed by atoms with Crippen LogP contribution in [0, 0.1) is 11.8 Å². The Hall–Kier alpha value is -2.76. The molecule has 1 aromatic heterocycles. The summed E-state index contributed by atoms with van der Waals surface area (Å²) in [5, 5.41) is 2.88. The number of amides is 1. The van der Waals surface area contributed by atoms with Crippen molar-refractivity contribution in [3.05, 3.63) is 58.8 Å². The number of anilines is 1. The van der Waals surface area contributed by atoms with Gasteiger partial charge in [0.2, 0.25) is 0 Å². The molecule has 6 heteroatoms. The summed E-state index contributed by atoms with van der Waals surface area (Å²) in [5.41, 5.74) is 7.62. The molecule has 2 aromatic rings. The molecule has 1 amide bonds. The molecule has 6 nitrogen and oxygen atoms in total. The number of aromatic nitrogens is 1. The van der Waals surface area contributed by atoms with Gasteiger partial charge >= 0.3 is 0 Å². The highest BCUT2D eigenvalue weighted by Crippen LogP contribution is 2.21. The maximum Gasteiger partial charge on any atom is 0.269 e. The molecule has 1 aromatic carbocycles. The molecule has 2 N–H and O–H groups in total. The van der Waals surface area contributed by atoms with E-state index in [1.807, 2.05) is 0 Å². The molecule has 0 spiro atoms. The van der Waals surface area contributed by atoms with E-state index in [1.165, 1.54) is 0 Å². The van der Waals surface area contributed by atoms with E-state index in [0.717, 1.165) is 5.56 Å². The normalized spacial score (nSPS) is 9.74. The van der Waals surface area contributed by atoms with Gasteiger partial charge in [-0.3, -0.25) is 20.6 Å². The Morgan fingerprint density at radius 1 is 1.21 bits per heavy atom. The van der Waals surface area contributed by atoms with Gasteiger partial charge in [0.1, 0.15) is 5.69 Å². The van der Waals surface area contributed by atoms with Gasteiger partial charge in [0.05, 0.1) is 5.69 Å². The summed E-state index contributed by atoms with van der Waals surface area (Å²) in [5.74, 6) is -0.266. The highest BCUT2D eigenvalue weighted by molar-refractivity contribution is 5.94. The van der Waals surface area contributed by atoms with Crippen molar-refractivity contribution in [3.8, 4) is 0 Å². The van der Waals surface area contributed by atoms with E-state index in [-0.39, 0.29) is 5.91 Å². The van der Waals surface area contributed by atoms with Crippen LogP contribution in [0.25, 0.3) is 0 Å². The quantitative estimate of drug-likeness (QED) is 0.650. The minimum Gasteiger partial charge on any atom is -0.298 e. The molecular formula is C13H12N4O2. The highest BCUT2D eigenvalue weighted by atomic mass is 16.3. The van der Waals surface area contributed by atoms with Crippen molar-refractivity contribution >= 4 is 17.3 Å². The van der Waals surface area contributed by atoms with Gasteiger partial charge in [-0.25, -0.2) is 0 Å². The maximum atomic E-state index is 11.8. The van der Waals surface area contributed by atoms with Gasteiger partial charge < -0.3 is 0 Å². The fourth-order valence-corrected chi connectivity index (χ4v) is 1.54. The fourth-order valence-electron chi connectivity index (χ4n) is 1.54. The van der Waals surface area contributed by atoms with Crippen LogP contribution >= 0.6 is 0 Å². The van der Waals surface area contributed by atoms with Crippen molar-refractivity contribution in [2.75, 3.05) is 5.43 Å². The first-order valence-corrected chi connectivity index (χ1v) is 5.61. The van der Waals surface area contributed by atoms with Gasteiger partial charge in [-0.05, 0) is 48.0 Å². The van der Waals surface area contributed by atoms with Gasteiger partial charge in [-0.1, -0.05) is 0 Å². The molecule has 0 atom stereocenters. The minimum absolute atomic E-state index is 0.266. The Kier molecular flexibility index (Phi) is 3.82. The van der Waals surface area contributed by atoms with Crippen LogP contribution in [-0.2, 0) is 0 Å². The van der Waals surface area contributed by atoms with E-state index in [0.29, 0.717) is 16.9 Å². The Morgan fingerprint density at radius 3 is 2.58 bits per heavy atom. The third-order valence-electron chi connectivity index (χ3n) is 2.56. The van der Waals surface area contributed by atoms with Crippen molar-refractivity contribution in [1.82, 2.24) is 10.4 Å². The lowest BCUT2D eigenvalue weighted by molar-refractivity contribution is 0.0962. The molecule has 0 unspecified atom stereocenters. The predicted molar refractivity (Wildman–Crippen MR) is 72.0 cm³/mol. The van der Waals surface area contributed by atoms with Crippen LogP contribution in [-0.4, -0.2) is 10.9 Å². The van der Waals surface area contributed by atoms with Crippen molar-refractivity contribution in [2.45, 2.75) is 6.92 Å². The number of benzene rings is 1. The lowest BCUT2D eigenvalue weighted by Crippen LogP contribution is -2.29. The molecule has 19 heavy (non-hydrogen) atoms. The zero-order valence-electron chi connectivity index (χ0n) is 10.3. The lowest BCUT2D eigenvalue weighted by Gasteiger charge is -2.09. The number of nitroso groups, excluding NO2 is 1. The second kappa shape index (κ2) is 5.72. The average molecular weight is 256 g/mol. The number of carbonyl (C=O) groups is 1. The number of nitrogens with zero attached hydrogens (tertiary/aromatic N) is 2. The lowest BCUT2D eigenvalue weighted by atomic mass is 10.2. The Balaban J connectivity index is 2.01. The Bertz CT molecular complexity index is 599. The van der Waals surface area contributed by atoms with Gasteiger partial charge in [-0.2, -0.15) is 0 Å². The number of carbonyl (C=O) groups excluding carboxylic acids is 1. The second-order valence-electron chi connectivity index (χ2n) is 3.91. The Morgan fingerprint density at radius 2 is 1.95 bits per heavy atom. The standard InChI is InChI=1S/C13H12N4O2/c1-9-8-11(2-3-12(9)17-19)15-16-13(18)10-4-6-14-7-5-10/h2-8,15H,1H3,(H,16,18). The number of rotatable bonds is 4. The predicted octanol–water partition coefficient (Wildman–Crippen LogP) is 2.54. The molecule has 1 heterocycles. The van der Waals surface area contributed by atoms with Crippen molar-refractivity contribution < 1.29 is 4.79 Å². The number of hydrogen-bond donors (Lipinski definition) is 2. The Labute approximate surface area is 109 Å². The molecule has 0 fully saturated rings. The molecule has 0 bridgehead atoms. The molecule has 0 aliphatic carbocycles. The van der Waals surface area contributed by atoms with Crippen LogP contribution < -0.4 is 10.9 Å². The summed E-state index contributed by atoms with van der Waals surface area (Å²) in [7, 11) is 0. The summed E-state index contributed by atoms with van der Waals surface area (Å²) >= 11 is 0. The number of pyridine rings is 1. The van der Waals surface area contributed by atoms with Gasteiger partial charge in [0, 0.05) is 18.0 Å². The molecule has 96 valence electrons. The number of nitrogens with one attached hydrogen (secondary N) is 2. The smallest absolute Gasteiger partial charge is 0.269 e. The SMILES string of the molecule is Cc1cc(NNC(=O)c2ccncc2)ccc1N=O. The van der Waals surface area contributed by atoms with Gasteiger partial charge in [0.15, 0.2) is 0 Å².